The fourth-order valence-corrected chi connectivity index (χ4v) is 0. The van der Waals surface area contributed by atoms with Crippen LogP contribution in [0.15, 0.2) is 0 Å². The zero-order valence-corrected chi connectivity index (χ0v) is 10.2. The Morgan fingerprint density at radius 3 is 0.500 bits per heavy atom. The Morgan fingerprint density at radius 2 is 0.500 bits per heavy atom. The predicted octanol–water partition coefficient (Wildman–Crippen LogP) is -6.35. The molecule has 0 heterocycles. The Morgan fingerprint density at radius 1 is 0.500 bits per heavy atom. The summed E-state index contributed by atoms with van der Waals surface area (Å²) in [5.74, 6) is 0. The van der Waals surface area contributed by atoms with Gasteiger partial charge in [0.25, 0.3) is 0 Å². The molecule has 6 heavy (non-hydrogen) atoms. The van der Waals surface area contributed by atoms with Gasteiger partial charge in [-0.2, -0.15) is 0 Å². The molecule has 0 atom stereocenters. The van der Waals surface area contributed by atoms with Gasteiger partial charge in [-0.05, 0) is 0 Å². The van der Waals surface area contributed by atoms with E-state index in [9.17, 15) is 0 Å². The van der Waals surface area contributed by atoms with E-state index in [2.05, 4.69) is 0 Å². The van der Waals surface area contributed by atoms with Crippen molar-refractivity contribution in [2.75, 3.05) is 0 Å². The van der Waals surface area contributed by atoms with Gasteiger partial charge in [-0.1, -0.05) is 0 Å². The summed E-state index contributed by atoms with van der Waals surface area (Å²) in [6.45, 7) is 0. The molecule has 24 valence electrons. The van der Waals surface area contributed by atoms with Gasteiger partial charge in [0.15, 0.2) is 0 Å². The number of rotatable bonds is 0. The second kappa shape index (κ2) is 46.5. The van der Waals surface area contributed by atoms with Gasteiger partial charge in [0.2, 0.25) is 0 Å². The summed E-state index contributed by atoms with van der Waals surface area (Å²) >= 11 is 0. The summed E-state index contributed by atoms with van der Waals surface area (Å²) in [6.07, 6.45) is 0. The van der Waals surface area contributed by atoms with Crippen LogP contribution >= 0.6 is 0 Å². The van der Waals surface area contributed by atoms with Crippen molar-refractivity contribution in [2.45, 2.75) is 0 Å². The summed E-state index contributed by atoms with van der Waals surface area (Å²) < 4.78 is 0. The summed E-state index contributed by atoms with van der Waals surface area (Å²) in [5.41, 5.74) is 0. The molecule has 0 bridgehead atoms. The minimum Gasteiger partial charge on any atom is -2.00 e. The molecule has 0 radical (unpaired) electrons. The van der Waals surface area contributed by atoms with E-state index in [1.54, 1.807) is 0 Å². The van der Waals surface area contributed by atoms with Crippen molar-refractivity contribution in [3.8, 4) is 0 Å². The second-order valence-corrected chi connectivity index (χ2v) is 0. The maximum Gasteiger partial charge on any atom is 4.00 e. The summed E-state index contributed by atoms with van der Waals surface area (Å²) in [6, 6.07) is 0. The Bertz CT molecular complexity index is 8.75. The first kappa shape index (κ1) is 69.2. The van der Waals surface area contributed by atoms with Crippen LogP contribution in [0.5, 0.6) is 0 Å². The van der Waals surface area contributed by atoms with E-state index in [4.69, 9.17) is 0 Å². The third-order valence-electron chi connectivity index (χ3n) is 0. The molecule has 0 aromatic heterocycles. The first-order chi connectivity index (χ1) is 0. The molecular formula is Na2O3Zr. The van der Waals surface area contributed by atoms with E-state index >= 15 is 0 Å². The van der Waals surface area contributed by atoms with Gasteiger partial charge in [0, 0.05) is 0 Å². The van der Waals surface area contributed by atoms with Crippen molar-refractivity contribution in [2.24, 2.45) is 0 Å². The van der Waals surface area contributed by atoms with Gasteiger partial charge in [0.05, 0.1) is 0 Å². The molecule has 0 N–H and O–H groups in total. The zero-order valence-electron chi connectivity index (χ0n) is 3.72. The van der Waals surface area contributed by atoms with Gasteiger partial charge in [-0.25, -0.2) is 0 Å². The topological polar surface area (TPSA) is 85.5 Å². The minimum atomic E-state index is 0. The average molecular weight is 185 g/mol. The van der Waals surface area contributed by atoms with E-state index in [-0.39, 0.29) is 102 Å². The molecule has 0 unspecified atom stereocenters. The SMILES string of the molecule is [Na+].[Na+].[O-2].[O-2].[O-2].[Zr+4]. The maximum atomic E-state index is 0. The molecule has 3 nitrogen and oxygen atoms in total. The number of hydrogen-bond donors (Lipinski definition) is 0. The molecule has 6 heteroatoms. The van der Waals surface area contributed by atoms with Crippen LogP contribution in [0.4, 0.5) is 0 Å². The van der Waals surface area contributed by atoms with Crippen molar-refractivity contribution in [1.29, 1.82) is 0 Å². The predicted molar refractivity (Wildman–Crippen MR) is 2.06 cm³/mol. The quantitative estimate of drug-likeness (QED) is 0.336. The molecule has 0 amide bonds. The Labute approximate surface area is 99.9 Å². The van der Waals surface area contributed by atoms with Crippen LogP contribution in [-0.4, -0.2) is 0 Å². The van der Waals surface area contributed by atoms with Crippen molar-refractivity contribution in [1.82, 2.24) is 0 Å². The summed E-state index contributed by atoms with van der Waals surface area (Å²) in [4.78, 5) is 0. The second-order valence-electron chi connectivity index (χ2n) is 0. The van der Waals surface area contributed by atoms with E-state index in [1.165, 1.54) is 0 Å². The fourth-order valence-electron chi connectivity index (χ4n) is 0. The molecule has 0 saturated carbocycles. The largest absolute Gasteiger partial charge is 4.00 e. The third kappa shape index (κ3) is 29.4. The van der Waals surface area contributed by atoms with Crippen LogP contribution in [0.3, 0.4) is 0 Å². The van der Waals surface area contributed by atoms with Crippen LogP contribution < -0.4 is 59.1 Å². The van der Waals surface area contributed by atoms with Crippen molar-refractivity contribution >= 4 is 0 Å². The molecule has 0 fully saturated rings. The molecular weight excluding hydrogens is 185 g/mol. The smallest absolute Gasteiger partial charge is 2.00 e. The number of hydrogen-bond acceptors (Lipinski definition) is 0. The Kier molecular flexibility index (Phi) is 536. The minimum absolute atomic E-state index is 0. The molecule has 0 saturated heterocycles. The molecule has 0 rings (SSSR count). The van der Waals surface area contributed by atoms with E-state index in [0.717, 1.165) is 0 Å². The standard InChI is InChI=1S/2Na.3O.Zr/q2*+1;3*-2;+4. The van der Waals surface area contributed by atoms with Gasteiger partial charge in [-0.3, -0.25) is 0 Å². The fraction of sp³-hybridized carbons (Fsp3) is 0. The molecule has 0 spiro atoms. The van der Waals surface area contributed by atoms with Crippen LogP contribution in [0.1, 0.15) is 0 Å². The van der Waals surface area contributed by atoms with Gasteiger partial charge in [0.1, 0.15) is 0 Å². The monoisotopic (exact) mass is 184 g/mol. The first-order valence-corrected chi connectivity index (χ1v) is 0. The molecule has 0 aromatic rings. The third-order valence-corrected chi connectivity index (χ3v) is 0. The normalized spacial score (nSPS) is 0. The zero-order chi connectivity index (χ0) is 0. The van der Waals surface area contributed by atoms with Crippen molar-refractivity contribution < 1.29 is 102 Å². The van der Waals surface area contributed by atoms with E-state index in [1.807, 2.05) is 0 Å². The first-order valence-electron chi connectivity index (χ1n) is 0. The summed E-state index contributed by atoms with van der Waals surface area (Å²) in [7, 11) is 0. The molecule has 0 aliphatic rings. The summed E-state index contributed by atoms with van der Waals surface area (Å²) in [5, 5.41) is 0. The van der Waals surface area contributed by atoms with Gasteiger partial charge < -0.3 is 16.4 Å². The maximum absolute atomic E-state index is 0. The van der Waals surface area contributed by atoms with Crippen LogP contribution in [0.2, 0.25) is 0 Å². The molecule has 0 aliphatic heterocycles. The van der Waals surface area contributed by atoms with Crippen molar-refractivity contribution in [3.05, 3.63) is 0 Å². The van der Waals surface area contributed by atoms with E-state index in [0.29, 0.717) is 0 Å². The van der Waals surface area contributed by atoms with Crippen molar-refractivity contribution in [3.63, 3.8) is 0 Å². The van der Waals surface area contributed by atoms with Crippen LogP contribution in [-0.2, 0) is 42.6 Å². The molecule has 0 aromatic carbocycles. The van der Waals surface area contributed by atoms with E-state index < -0.39 is 0 Å². The van der Waals surface area contributed by atoms with Gasteiger partial charge >= 0.3 is 85.3 Å². The average Bonchev–Trinajstić information content (AvgIpc) is 0. The Balaban J connectivity index is 0. The Hall–Kier alpha value is 2.76. The van der Waals surface area contributed by atoms with Crippen LogP contribution in [0, 0.1) is 0 Å². The van der Waals surface area contributed by atoms with Crippen LogP contribution in [0.25, 0.3) is 0 Å². The molecule has 0 aliphatic carbocycles. The van der Waals surface area contributed by atoms with Gasteiger partial charge in [-0.15, -0.1) is 0 Å².